The topological polar surface area (TPSA) is 96.0 Å². The molecule has 0 saturated heterocycles. The molecule has 4 aromatic rings. The number of nitrogens with one attached hydrogen (secondary N) is 1. The van der Waals surface area contributed by atoms with Crippen molar-refractivity contribution in [3.05, 3.63) is 77.0 Å². The molecule has 1 amide bonds. The number of fused-ring (bicyclic) bond motifs is 1. The van der Waals surface area contributed by atoms with E-state index in [2.05, 4.69) is 16.4 Å². The smallest absolute Gasteiger partial charge is 0.389 e. The van der Waals surface area contributed by atoms with Crippen molar-refractivity contribution in [1.82, 2.24) is 10.3 Å². The zero-order valence-electron chi connectivity index (χ0n) is 23.2. The molecule has 1 atom stereocenters. The number of nitriles is 1. The number of aryl methyl sites for hydroxylation is 1. The summed E-state index contributed by atoms with van der Waals surface area (Å²) in [5, 5.41) is 12.4. The highest BCUT2D eigenvalue weighted by molar-refractivity contribution is 6.11. The van der Waals surface area contributed by atoms with Crippen LogP contribution in [-0.2, 0) is 6.42 Å². The molecular weight excluding hydrogens is 569 g/mol. The zero-order valence-corrected chi connectivity index (χ0v) is 23.2. The van der Waals surface area contributed by atoms with E-state index in [9.17, 15) is 36.8 Å². The van der Waals surface area contributed by atoms with E-state index in [0.29, 0.717) is 5.56 Å². The standard InChI is InChI=1S/C32H26F5N3O3/c1-31(16-38,19-6-7-19)15-26(41)22-13-18(5-10-24(22)34)21-14-23-27(29(42)39-2)28(17-3-8-20(33)9-4-17)43-30(23)40-25(21)11-12-32(35,36)37/h3-5,8-10,13-14,19H,6-7,11-12,15H2,1-2H3,(H,39,42). The Kier molecular flexibility index (Phi) is 7.82. The van der Waals surface area contributed by atoms with Gasteiger partial charge in [-0.1, -0.05) is 6.07 Å². The summed E-state index contributed by atoms with van der Waals surface area (Å²) >= 11 is 0. The number of benzene rings is 2. The van der Waals surface area contributed by atoms with Gasteiger partial charge >= 0.3 is 6.18 Å². The average Bonchev–Trinajstić information content (AvgIpc) is 3.77. The van der Waals surface area contributed by atoms with Crippen molar-refractivity contribution in [2.24, 2.45) is 11.3 Å². The monoisotopic (exact) mass is 595 g/mol. The molecular formula is C32H26F5N3O3. The van der Waals surface area contributed by atoms with Gasteiger partial charge in [-0.15, -0.1) is 0 Å². The molecule has 5 rings (SSSR count). The lowest BCUT2D eigenvalue weighted by Crippen LogP contribution is -2.22. The van der Waals surface area contributed by atoms with Crippen LogP contribution in [0.5, 0.6) is 0 Å². The van der Waals surface area contributed by atoms with Gasteiger partial charge in [-0.05, 0) is 80.1 Å². The summed E-state index contributed by atoms with van der Waals surface area (Å²) in [4.78, 5) is 30.6. The van der Waals surface area contributed by atoms with Crippen LogP contribution in [0.3, 0.4) is 0 Å². The number of ketones is 1. The van der Waals surface area contributed by atoms with Gasteiger partial charge in [0.2, 0.25) is 5.71 Å². The van der Waals surface area contributed by atoms with E-state index in [4.69, 9.17) is 4.42 Å². The fourth-order valence-corrected chi connectivity index (χ4v) is 5.25. The maximum atomic E-state index is 15.0. The highest BCUT2D eigenvalue weighted by Gasteiger charge is 2.43. The zero-order chi connectivity index (χ0) is 31.1. The summed E-state index contributed by atoms with van der Waals surface area (Å²) in [5.41, 5.74) is -0.721. The van der Waals surface area contributed by atoms with Gasteiger partial charge in [0.15, 0.2) is 5.78 Å². The van der Waals surface area contributed by atoms with Crippen molar-refractivity contribution in [3.8, 4) is 28.5 Å². The Morgan fingerprint density at radius 3 is 2.35 bits per heavy atom. The van der Waals surface area contributed by atoms with Gasteiger partial charge in [-0.3, -0.25) is 9.59 Å². The van der Waals surface area contributed by atoms with Crippen LogP contribution in [0, 0.1) is 34.3 Å². The molecule has 222 valence electrons. The second-order valence-corrected chi connectivity index (χ2v) is 10.9. The van der Waals surface area contributed by atoms with Gasteiger partial charge in [0.05, 0.1) is 33.7 Å². The molecule has 2 aromatic heterocycles. The molecule has 2 aromatic carbocycles. The van der Waals surface area contributed by atoms with E-state index in [1.807, 2.05) is 0 Å². The first-order valence-electron chi connectivity index (χ1n) is 13.6. The Morgan fingerprint density at radius 2 is 1.74 bits per heavy atom. The SMILES string of the molecule is CNC(=O)c1c(-c2ccc(F)cc2)oc2nc(CCC(F)(F)F)c(-c3ccc(F)c(C(=O)CC(C)(C#N)C4CC4)c3)cc12. The number of pyridine rings is 1. The average molecular weight is 596 g/mol. The molecule has 11 heteroatoms. The Hall–Kier alpha value is -4.59. The van der Waals surface area contributed by atoms with Crippen molar-refractivity contribution in [3.63, 3.8) is 0 Å². The minimum atomic E-state index is -4.52. The number of aromatic nitrogens is 1. The fraction of sp³-hybridized carbons (Fsp3) is 0.312. The summed E-state index contributed by atoms with van der Waals surface area (Å²) < 4.78 is 74.3. The first-order valence-corrected chi connectivity index (χ1v) is 13.6. The van der Waals surface area contributed by atoms with Gasteiger partial charge in [0, 0.05) is 31.0 Å². The van der Waals surface area contributed by atoms with E-state index in [1.165, 1.54) is 49.5 Å². The van der Waals surface area contributed by atoms with Crippen molar-refractivity contribution in [1.29, 1.82) is 5.26 Å². The van der Waals surface area contributed by atoms with Gasteiger partial charge in [-0.25, -0.2) is 13.8 Å². The minimum Gasteiger partial charge on any atom is -0.437 e. The van der Waals surface area contributed by atoms with Crippen LogP contribution in [0.25, 0.3) is 33.6 Å². The van der Waals surface area contributed by atoms with Crippen LogP contribution >= 0.6 is 0 Å². The number of hydrogen-bond acceptors (Lipinski definition) is 5. The number of alkyl halides is 3. The second-order valence-electron chi connectivity index (χ2n) is 10.9. The van der Waals surface area contributed by atoms with Crippen molar-refractivity contribution >= 4 is 22.8 Å². The van der Waals surface area contributed by atoms with Crippen molar-refractivity contribution in [2.45, 2.75) is 45.2 Å². The molecule has 1 fully saturated rings. The Balaban J connectivity index is 1.67. The third-order valence-electron chi connectivity index (χ3n) is 7.81. The number of Topliss-reactive ketones (excluding diaryl/α,β-unsaturated/α-hetero) is 1. The number of amides is 1. The largest absolute Gasteiger partial charge is 0.437 e. The van der Waals surface area contributed by atoms with Crippen molar-refractivity contribution in [2.75, 3.05) is 7.05 Å². The van der Waals surface area contributed by atoms with Gasteiger partial charge in [-0.2, -0.15) is 18.4 Å². The summed E-state index contributed by atoms with van der Waals surface area (Å²) in [6.45, 7) is 1.66. The quantitative estimate of drug-likeness (QED) is 0.157. The fourth-order valence-electron chi connectivity index (χ4n) is 5.25. The lowest BCUT2D eigenvalue weighted by molar-refractivity contribution is -0.134. The predicted octanol–water partition coefficient (Wildman–Crippen LogP) is 7.81. The molecule has 1 N–H and O–H groups in total. The maximum absolute atomic E-state index is 15.0. The van der Waals surface area contributed by atoms with E-state index >= 15 is 0 Å². The number of hydrogen-bond donors (Lipinski definition) is 1. The molecule has 1 saturated carbocycles. The number of furan rings is 1. The van der Waals surface area contributed by atoms with Crippen LogP contribution in [-0.4, -0.2) is 29.9 Å². The Labute approximate surface area is 243 Å². The molecule has 0 spiro atoms. The van der Waals surface area contributed by atoms with E-state index in [1.54, 1.807) is 6.92 Å². The van der Waals surface area contributed by atoms with Crippen molar-refractivity contribution < 1.29 is 36.0 Å². The van der Waals surface area contributed by atoms with Gasteiger partial charge in [0.25, 0.3) is 5.91 Å². The molecule has 1 aliphatic carbocycles. The lowest BCUT2D eigenvalue weighted by atomic mass is 9.80. The first kappa shape index (κ1) is 29.9. The number of carbonyl (C=O) groups is 2. The number of rotatable bonds is 9. The molecule has 43 heavy (non-hydrogen) atoms. The van der Waals surface area contributed by atoms with Gasteiger partial charge in [0.1, 0.15) is 17.4 Å². The molecule has 0 radical (unpaired) electrons. The van der Waals surface area contributed by atoms with Crippen LogP contribution in [0.1, 0.15) is 59.0 Å². The predicted molar refractivity (Wildman–Crippen MR) is 148 cm³/mol. The normalized spacial score (nSPS) is 14.7. The minimum absolute atomic E-state index is 0.0212. The summed E-state index contributed by atoms with van der Waals surface area (Å²) in [7, 11) is 1.39. The molecule has 0 aliphatic heterocycles. The lowest BCUT2D eigenvalue weighted by Gasteiger charge is -2.20. The van der Waals surface area contributed by atoms with Crippen LogP contribution < -0.4 is 5.32 Å². The highest BCUT2D eigenvalue weighted by Crippen LogP contribution is 2.48. The van der Waals surface area contributed by atoms with E-state index < -0.39 is 47.8 Å². The number of halogens is 5. The summed E-state index contributed by atoms with van der Waals surface area (Å²) in [6, 6.07) is 12.3. The van der Waals surface area contributed by atoms with E-state index in [0.717, 1.165) is 18.9 Å². The maximum Gasteiger partial charge on any atom is 0.389 e. The Morgan fingerprint density at radius 1 is 1.07 bits per heavy atom. The van der Waals surface area contributed by atoms with Crippen LogP contribution in [0.4, 0.5) is 22.0 Å². The third-order valence-corrected chi connectivity index (χ3v) is 7.81. The molecule has 2 heterocycles. The highest BCUT2D eigenvalue weighted by atomic mass is 19.4. The first-order chi connectivity index (χ1) is 20.3. The summed E-state index contributed by atoms with van der Waals surface area (Å²) in [6.07, 6.45) is -4.92. The van der Waals surface area contributed by atoms with E-state index in [-0.39, 0.29) is 57.1 Å². The Bertz CT molecular complexity index is 1770. The molecule has 0 bridgehead atoms. The molecule has 1 unspecified atom stereocenters. The summed E-state index contributed by atoms with van der Waals surface area (Å²) in [5.74, 6) is -2.47. The molecule has 6 nitrogen and oxygen atoms in total. The second kappa shape index (κ2) is 11.2. The number of nitrogens with zero attached hydrogens (tertiary/aromatic N) is 2. The van der Waals surface area contributed by atoms with Crippen LogP contribution in [0.15, 0.2) is 52.9 Å². The molecule has 1 aliphatic rings. The third kappa shape index (κ3) is 6.14. The number of carbonyl (C=O) groups excluding carboxylic acids is 2. The van der Waals surface area contributed by atoms with Gasteiger partial charge < -0.3 is 9.73 Å². The van der Waals surface area contributed by atoms with Crippen LogP contribution in [0.2, 0.25) is 0 Å².